The van der Waals surface area contributed by atoms with Crippen LogP contribution in [0.1, 0.15) is 41.8 Å². The lowest BCUT2D eigenvalue weighted by Crippen LogP contribution is -2.11. The molecular formula is C15H15ClFN3S. The van der Waals surface area contributed by atoms with Crippen molar-refractivity contribution in [2.24, 2.45) is 0 Å². The molecule has 1 aromatic carbocycles. The van der Waals surface area contributed by atoms with Crippen molar-refractivity contribution in [2.75, 3.05) is 0 Å². The van der Waals surface area contributed by atoms with E-state index in [4.69, 9.17) is 11.6 Å². The van der Waals surface area contributed by atoms with E-state index in [-0.39, 0.29) is 17.2 Å². The van der Waals surface area contributed by atoms with Crippen molar-refractivity contribution in [3.8, 4) is 0 Å². The average molecular weight is 324 g/mol. The SMILES string of the molecule is Cc1csc(C(C)n2c(C(C)Cl)nc3cc(F)ccc32)n1. The van der Waals surface area contributed by atoms with Crippen molar-refractivity contribution in [3.05, 3.63) is 45.9 Å². The van der Waals surface area contributed by atoms with Crippen LogP contribution in [0, 0.1) is 12.7 Å². The van der Waals surface area contributed by atoms with E-state index in [0.29, 0.717) is 5.52 Å². The van der Waals surface area contributed by atoms with Gasteiger partial charge < -0.3 is 4.57 Å². The first-order valence-corrected chi connectivity index (χ1v) is 8.02. The van der Waals surface area contributed by atoms with Crippen LogP contribution in [0.2, 0.25) is 0 Å². The van der Waals surface area contributed by atoms with Gasteiger partial charge in [-0.2, -0.15) is 0 Å². The molecule has 3 rings (SSSR count). The molecule has 2 atom stereocenters. The predicted octanol–water partition coefficient (Wildman–Crippen LogP) is 4.85. The monoisotopic (exact) mass is 323 g/mol. The Hall–Kier alpha value is -1.46. The fourth-order valence-electron chi connectivity index (χ4n) is 2.45. The number of thiazole rings is 1. The maximum Gasteiger partial charge on any atom is 0.128 e. The Kier molecular flexibility index (Phi) is 3.71. The minimum absolute atomic E-state index is 0.00959. The number of hydrogen-bond acceptors (Lipinski definition) is 3. The third-order valence-electron chi connectivity index (χ3n) is 3.42. The van der Waals surface area contributed by atoms with E-state index in [1.54, 1.807) is 17.4 Å². The first kappa shape index (κ1) is 14.5. The maximum atomic E-state index is 13.4. The van der Waals surface area contributed by atoms with Crippen LogP contribution in [0.25, 0.3) is 11.0 Å². The number of aromatic nitrogens is 3. The number of imidazole rings is 1. The number of fused-ring (bicyclic) bond motifs is 1. The molecule has 3 nitrogen and oxygen atoms in total. The highest BCUT2D eigenvalue weighted by Gasteiger charge is 2.22. The van der Waals surface area contributed by atoms with Gasteiger partial charge in [0.2, 0.25) is 0 Å². The van der Waals surface area contributed by atoms with Crippen LogP contribution in [0.4, 0.5) is 4.39 Å². The third kappa shape index (κ3) is 2.56. The molecule has 0 N–H and O–H groups in total. The Labute approximate surface area is 131 Å². The summed E-state index contributed by atoms with van der Waals surface area (Å²) in [5.41, 5.74) is 2.50. The molecule has 3 aromatic rings. The number of rotatable bonds is 3. The van der Waals surface area contributed by atoms with Gasteiger partial charge in [0, 0.05) is 17.1 Å². The van der Waals surface area contributed by atoms with Gasteiger partial charge in [-0.15, -0.1) is 22.9 Å². The Morgan fingerprint density at radius 1 is 1.29 bits per heavy atom. The second-order valence-electron chi connectivity index (χ2n) is 5.09. The fourth-order valence-corrected chi connectivity index (χ4v) is 3.45. The van der Waals surface area contributed by atoms with Gasteiger partial charge >= 0.3 is 0 Å². The first-order chi connectivity index (χ1) is 9.97. The van der Waals surface area contributed by atoms with Crippen LogP contribution in [-0.4, -0.2) is 14.5 Å². The van der Waals surface area contributed by atoms with E-state index in [9.17, 15) is 4.39 Å². The Balaban J connectivity index is 2.21. The van der Waals surface area contributed by atoms with Crippen molar-refractivity contribution in [1.29, 1.82) is 0 Å². The van der Waals surface area contributed by atoms with Crippen molar-refractivity contribution < 1.29 is 4.39 Å². The first-order valence-electron chi connectivity index (χ1n) is 6.71. The van der Waals surface area contributed by atoms with E-state index in [1.807, 2.05) is 23.8 Å². The van der Waals surface area contributed by atoms with Gasteiger partial charge in [0.25, 0.3) is 0 Å². The molecular weight excluding hydrogens is 309 g/mol. The Morgan fingerprint density at radius 3 is 2.67 bits per heavy atom. The molecule has 110 valence electrons. The number of benzene rings is 1. The molecule has 6 heteroatoms. The highest BCUT2D eigenvalue weighted by molar-refractivity contribution is 7.09. The number of hydrogen-bond donors (Lipinski definition) is 0. The lowest BCUT2D eigenvalue weighted by atomic mass is 10.2. The minimum atomic E-state index is -0.293. The zero-order chi connectivity index (χ0) is 15.1. The summed E-state index contributed by atoms with van der Waals surface area (Å²) in [7, 11) is 0. The van der Waals surface area contributed by atoms with Crippen LogP contribution in [0.5, 0.6) is 0 Å². The van der Waals surface area contributed by atoms with Gasteiger partial charge in [0.15, 0.2) is 0 Å². The summed E-state index contributed by atoms with van der Waals surface area (Å²) in [6.45, 7) is 5.90. The predicted molar refractivity (Wildman–Crippen MR) is 84.6 cm³/mol. The van der Waals surface area contributed by atoms with Gasteiger partial charge in [-0.25, -0.2) is 14.4 Å². The standard InChI is InChI=1S/C15H15ClFN3S/c1-8-7-21-15(18-8)10(3)20-13-5-4-11(17)6-12(13)19-14(20)9(2)16/h4-7,9-10H,1-3H3. The molecule has 2 unspecified atom stereocenters. The molecule has 21 heavy (non-hydrogen) atoms. The van der Waals surface area contributed by atoms with Crippen LogP contribution in [-0.2, 0) is 0 Å². The molecule has 0 fully saturated rings. The van der Waals surface area contributed by atoms with Gasteiger partial charge in [-0.05, 0) is 32.9 Å². The molecule has 0 saturated carbocycles. The van der Waals surface area contributed by atoms with Crippen molar-refractivity contribution in [2.45, 2.75) is 32.2 Å². The molecule has 0 aliphatic carbocycles. The zero-order valence-corrected chi connectivity index (χ0v) is 13.5. The average Bonchev–Trinajstić information content (AvgIpc) is 3.01. The van der Waals surface area contributed by atoms with E-state index in [0.717, 1.165) is 22.0 Å². The molecule has 0 saturated heterocycles. The third-order valence-corrected chi connectivity index (χ3v) is 4.74. The summed E-state index contributed by atoms with van der Waals surface area (Å²) in [5.74, 6) is 0.441. The smallest absolute Gasteiger partial charge is 0.128 e. The number of alkyl halides is 1. The molecule has 2 heterocycles. The summed E-state index contributed by atoms with van der Waals surface area (Å²) in [5, 5.41) is 2.76. The van der Waals surface area contributed by atoms with Crippen LogP contribution >= 0.6 is 22.9 Å². The number of nitrogens with zero attached hydrogens (tertiary/aromatic N) is 3. The summed E-state index contributed by atoms with van der Waals surface area (Å²) >= 11 is 7.87. The topological polar surface area (TPSA) is 30.7 Å². The largest absolute Gasteiger partial charge is 0.317 e. The van der Waals surface area contributed by atoms with Crippen LogP contribution in [0.3, 0.4) is 0 Å². The van der Waals surface area contributed by atoms with Crippen molar-refractivity contribution >= 4 is 34.0 Å². The molecule has 2 aromatic heterocycles. The van der Waals surface area contributed by atoms with Gasteiger partial charge in [0.05, 0.1) is 22.5 Å². The van der Waals surface area contributed by atoms with Crippen molar-refractivity contribution in [1.82, 2.24) is 14.5 Å². The quantitative estimate of drug-likeness (QED) is 0.645. The van der Waals surface area contributed by atoms with Gasteiger partial charge in [-0.3, -0.25) is 0 Å². The molecule has 0 spiro atoms. The van der Waals surface area contributed by atoms with Crippen molar-refractivity contribution in [3.63, 3.8) is 0 Å². The van der Waals surface area contributed by atoms with E-state index < -0.39 is 0 Å². The van der Waals surface area contributed by atoms with Gasteiger partial charge in [-0.1, -0.05) is 0 Å². The normalized spacial score (nSPS) is 14.5. The maximum absolute atomic E-state index is 13.4. The second kappa shape index (κ2) is 5.39. The van der Waals surface area contributed by atoms with E-state index in [1.165, 1.54) is 12.1 Å². The summed E-state index contributed by atoms with van der Waals surface area (Å²) in [6.07, 6.45) is 0. The Bertz CT molecular complexity index is 793. The lowest BCUT2D eigenvalue weighted by Gasteiger charge is -2.16. The molecule has 0 aliphatic rings. The Morgan fingerprint density at radius 2 is 2.05 bits per heavy atom. The number of aryl methyl sites for hydroxylation is 1. The number of halogens is 2. The van der Waals surface area contributed by atoms with Crippen LogP contribution < -0.4 is 0 Å². The fraction of sp³-hybridized carbons (Fsp3) is 0.333. The highest BCUT2D eigenvalue weighted by Crippen LogP contribution is 2.32. The van der Waals surface area contributed by atoms with Crippen LogP contribution in [0.15, 0.2) is 23.6 Å². The second-order valence-corrected chi connectivity index (χ2v) is 6.64. The molecule has 0 aliphatic heterocycles. The summed E-state index contributed by atoms with van der Waals surface area (Å²) in [4.78, 5) is 9.04. The molecule has 0 bridgehead atoms. The lowest BCUT2D eigenvalue weighted by molar-refractivity contribution is 0.613. The summed E-state index contributed by atoms with van der Waals surface area (Å²) < 4.78 is 15.5. The van der Waals surface area contributed by atoms with E-state index in [2.05, 4.69) is 16.9 Å². The summed E-state index contributed by atoms with van der Waals surface area (Å²) in [6, 6.07) is 4.64. The minimum Gasteiger partial charge on any atom is -0.317 e. The van der Waals surface area contributed by atoms with Gasteiger partial charge in [0.1, 0.15) is 16.6 Å². The highest BCUT2D eigenvalue weighted by atomic mass is 35.5. The molecule has 0 amide bonds. The zero-order valence-electron chi connectivity index (χ0n) is 12.0. The molecule has 0 radical (unpaired) electrons. The van der Waals surface area contributed by atoms with E-state index >= 15 is 0 Å².